The molecule has 1 aromatic carbocycles. The Labute approximate surface area is 163 Å². The fourth-order valence-corrected chi connectivity index (χ4v) is 2.93. The van der Waals surface area contributed by atoms with Crippen molar-refractivity contribution in [1.29, 1.82) is 0 Å². The fourth-order valence-electron chi connectivity index (χ4n) is 2.93. The Morgan fingerprint density at radius 1 is 1.00 bits per heavy atom. The highest BCUT2D eigenvalue weighted by Gasteiger charge is 2.23. The summed E-state index contributed by atoms with van der Waals surface area (Å²) in [6, 6.07) is 5.35. The van der Waals surface area contributed by atoms with E-state index in [2.05, 4.69) is 15.3 Å². The Balaban J connectivity index is 1.65. The second-order valence-electron chi connectivity index (χ2n) is 6.28. The van der Waals surface area contributed by atoms with Gasteiger partial charge >= 0.3 is 0 Å². The van der Waals surface area contributed by atoms with Gasteiger partial charge in [0, 0.05) is 51.6 Å². The van der Waals surface area contributed by atoms with Crippen molar-refractivity contribution in [3.63, 3.8) is 0 Å². The van der Waals surface area contributed by atoms with E-state index in [4.69, 9.17) is 9.47 Å². The molecule has 0 unspecified atom stereocenters. The maximum absolute atomic E-state index is 12.6. The summed E-state index contributed by atoms with van der Waals surface area (Å²) in [4.78, 5) is 35.9. The molecule has 3 rings (SSSR count). The lowest BCUT2D eigenvalue weighted by Gasteiger charge is -2.34. The number of nitrogens with one attached hydrogen (secondary N) is 1. The SMILES string of the molecule is COc1ccc(Nc2ncc(C(=O)N3CCN(C(C)=O)CC3)cn2)c(OC)c1. The molecular formula is C19H23N5O4. The van der Waals surface area contributed by atoms with E-state index in [9.17, 15) is 9.59 Å². The van der Waals surface area contributed by atoms with Crippen molar-refractivity contribution in [2.75, 3.05) is 45.7 Å². The average molecular weight is 385 g/mol. The predicted octanol–water partition coefficient (Wildman–Crippen LogP) is 1.54. The highest BCUT2D eigenvalue weighted by atomic mass is 16.5. The number of methoxy groups -OCH3 is 2. The highest BCUT2D eigenvalue weighted by Crippen LogP contribution is 2.30. The number of piperazine rings is 1. The first-order valence-electron chi connectivity index (χ1n) is 8.87. The van der Waals surface area contributed by atoms with Gasteiger partial charge in [0.15, 0.2) is 0 Å². The first-order valence-corrected chi connectivity index (χ1v) is 8.87. The number of anilines is 2. The van der Waals surface area contributed by atoms with Gasteiger partial charge in [0.2, 0.25) is 11.9 Å². The van der Waals surface area contributed by atoms with Gasteiger partial charge in [-0.25, -0.2) is 9.97 Å². The van der Waals surface area contributed by atoms with Crippen LogP contribution in [-0.4, -0.2) is 72.0 Å². The van der Waals surface area contributed by atoms with Crippen molar-refractivity contribution in [3.05, 3.63) is 36.2 Å². The molecule has 9 heteroatoms. The zero-order valence-electron chi connectivity index (χ0n) is 16.1. The van der Waals surface area contributed by atoms with Crippen LogP contribution in [0.25, 0.3) is 0 Å². The maximum atomic E-state index is 12.6. The Hall–Kier alpha value is -3.36. The number of hydrogen-bond donors (Lipinski definition) is 1. The lowest BCUT2D eigenvalue weighted by Crippen LogP contribution is -2.50. The molecule has 28 heavy (non-hydrogen) atoms. The number of benzene rings is 1. The molecule has 2 amide bonds. The summed E-state index contributed by atoms with van der Waals surface area (Å²) in [6.45, 7) is 3.62. The second kappa shape index (κ2) is 8.55. The summed E-state index contributed by atoms with van der Waals surface area (Å²) in [5.74, 6) is 1.50. The van der Waals surface area contributed by atoms with E-state index in [0.717, 1.165) is 0 Å². The molecule has 0 saturated carbocycles. The zero-order chi connectivity index (χ0) is 20.1. The predicted molar refractivity (Wildman–Crippen MR) is 103 cm³/mol. The highest BCUT2D eigenvalue weighted by molar-refractivity contribution is 5.94. The van der Waals surface area contributed by atoms with Crippen molar-refractivity contribution in [2.24, 2.45) is 0 Å². The third-order valence-corrected chi connectivity index (χ3v) is 4.57. The fraction of sp³-hybridized carbons (Fsp3) is 0.368. The molecule has 0 bridgehead atoms. The first-order chi connectivity index (χ1) is 13.5. The van der Waals surface area contributed by atoms with E-state index in [-0.39, 0.29) is 11.8 Å². The summed E-state index contributed by atoms with van der Waals surface area (Å²) < 4.78 is 10.5. The number of nitrogens with zero attached hydrogens (tertiary/aromatic N) is 4. The van der Waals surface area contributed by atoms with Crippen molar-refractivity contribution in [1.82, 2.24) is 19.8 Å². The first kappa shape index (κ1) is 19.4. The van der Waals surface area contributed by atoms with Crippen molar-refractivity contribution < 1.29 is 19.1 Å². The molecule has 1 aliphatic heterocycles. The maximum Gasteiger partial charge on any atom is 0.257 e. The summed E-state index contributed by atoms with van der Waals surface area (Å²) in [5, 5.41) is 3.07. The normalized spacial score (nSPS) is 13.8. The van der Waals surface area contributed by atoms with Crippen LogP contribution < -0.4 is 14.8 Å². The molecule has 1 saturated heterocycles. The van der Waals surface area contributed by atoms with Crippen molar-refractivity contribution >= 4 is 23.5 Å². The molecule has 2 aromatic rings. The zero-order valence-corrected chi connectivity index (χ0v) is 16.1. The van der Waals surface area contributed by atoms with E-state index in [1.807, 2.05) is 0 Å². The monoisotopic (exact) mass is 385 g/mol. The minimum atomic E-state index is -0.142. The molecular weight excluding hydrogens is 362 g/mol. The largest absolute Gasteiger partial charge is 0.497 e. The van der Waals surface area contributed by atoms with E-state index >= 15 is 0 Å². The van der Waals surface area contributed by atoms with Gasteiger partial charge in [-0.15, -0.1) is 0 Å². The van der Waals surface area contributed by atoms with Gasteiger partial charge in [-0.3, -0.25) is 9.59 Å². The molecule has 1 aromatic heterocycles. The van der Waals surface area contributed by atoms with Crippen LogP contribution in [-0.2, 0) is 4.79 Å². The van der Waals surface area contributed by atoms with Gasteiger partial charge in [0.1, 0.15) is 11.5 Å². The van der Waals surface area contributed by atoms with Crippen LogP contribution in [0.2, 0.25) is 0 Å². The summed E-state index contributed by atoms with van der Waals surface area (Å²) >= 11 is 0. The lowest BCUT2D eigenvalue weighted by atomic mass is 10.2. The summed E-state index contributed by atoms with van der Waals surface area (Å²) in [6.07, 6.45) is 2.98. The van der Waals surface area contributed by atoms with Crippen LogP contribution in [0.1, 0.15) is 17.3 Å². The average Bonchev–Trinajstić information content (AvgIpc) is 2.74. The topological polar surface area (TPSA) is 96.9 Å². The lowest BCUT2D eigenvalue weighted by molar-refractivity contribution is -0.130. The minimum Gasteiger partial charge on any atom is -0.497 e. The molecule has 148 valence electrons. The Morgan fingerprint density at radius 3 is 2.21 bits per heavy atom. The summed E-state index contributed by atoms with van der Waals surface area (Å²) in [7, 11) is 3.15. The van der Waals surface area contributed by atoms with E-state index in [0.29, 0.717) is 54.9 Å². The third-order valence-electron chi connectivity index (χ3n) is 4.57. The van der Waals surface area contributed by atoms with Gasteiger partial charge in [-0.2, -0.15) is 0 Å². The molecule has 2 heterocycles. The smallest absolute Gasteiger partial charge is 0.257 e. The number of ether oxygens (including phenoxy) is 2. The van der Waals surface area contributed by atoms with Gasteiger partial charge in [0.05, 0.1) is 25.5 Å². The van der Waals surface area contributed by atoms with Gasteiger partial charge in [0.25, 0.3) is 5.91 Å². The van der Waals surface area contributed by atoms with Crippen LogP contribution in [0.4, 0.5) is 11.6 Å². The Morgan fingerprint density at radius 2 is 1.64 bits per heavy atom. The molecule has 1 N–H and O–H groups in total. The third kappa shape index (κ3) is 4.30. The van der Waals surface area contributed by atoms with Crippen LogP contribution in [0.3, 0.4) is 0 Å². The van der Waals surface area contributed by atoms with Crippen LogP contribution in [0.5, 0.6) is 11.5 Å². The van der Waals surface area contributed by atoms with Crippen LogP contribution in [0.15, 0.2) is 30.6 Å². The van der Waals surface area contributed by atoms with Crippen LogP contribution >= 0.6 is 0 Å². The van der Waals surface area contributed by atoms with E-state index < -0.39 is 0 Å². The molecule has 0 spiro atoms. The van der Waals surface area contributed by atoms with E-state index in [1.165, 1.54) is 19.3 Å². The number of amides is 2. The number of rotatable bonds is 5. The number of carbonyl (C=O) groups is 2. The minimum absolute atomic E-state index is 0.0276. The molecule has 0 radical (unpaired) electrons. The standard InChI is InChI=1S/C19H23N5O4/c1-13(25)23-6-8-24(9-7-23)18(26)14-11-20-19(21-12-14)22-16-5-4-15(27-2)10-17(16)28-3/h4-5,10-12H,6-9H2,1-3H3,(H,20,21,22). The molecule has 0 atom stereocenters. The Bertz CT molecular complexity index is 848. The summed E-state index contributed by atoms with van der Waals surface area (Å²) in [5.41, 5.74) is 1.09. The quantitative estimate of drug-likeness (QED) is 0.834. The van der Waals surface area contributed by atoms with Crippen molar-refractivity contribution in [3.8, 4) is 11.5 Å². The molecule has 1 fully saturated rings. The van der Waals surface area contributed by atoms with Crippen molar-refractivity contribution in [2.45, 2.75) is 6.92 Å². The molecule has 0 aliphatic carbocycles. The number of aromatic nitrogens is 2. The van der Waals surface area contributed by atoms with Gasteiger partial charge < -0.3 is 24.6 Å². The molecule has 9 nitrogen and oxygen atoms in total. The van der Waals surface area contributed by atoms with E-state index in [1.54, 1.807) is 42.2 Å². The Kier molecular flexibility index (Phi) is 5.93. The second-order valence-corrected chi connectivity index (χ2v) is 6.28. The van der Waals surface area contributed by atoms with Crippen LogP contribution in [0, 0.1) is 0 Å². The van der Waals surface area contributed by atoms with Gasteiger partial charge in [-0.05, 0) is 12.1 Å². The number of hydrogen-bond acceptors (Lipinski definition) is 7. The molecule has 1 aliphatic rings. The number of carbonyl (C=O) groups excluding carboxylic acids is 2. The van der Waals surface area contributed by atoms with Gasteiger partial charge in [-0.1, -0.05) is 0 Å².